The minimum Gasteiger partial charge on any atom is -0.496 e. The molecular formula is C30H29N3O4. The highest BCUT2D eigenvalue weighted by Gasteiger charge is 2.45. The first-order valence-electron chi connectivity index (χ1n) is 12.3. The molecule has 0 saturated carbocycles. The van der Waals surface area contributed by atoms with E-state index in [1.54, 1.807) is 18.3 Å². The number of nitrogens with zero attached hydrogens (tertiary/aromatic N) is 2. The van der Waals surface area contributed by atoms with Crippen molar-refractivity contribution < 1.29 is 19.4 Å². The molecule has 0 spiro atoms. The number of aromatic nitrogens is 2. The highest BCUT2D eigenvalue weighted by atomic mass is 16.5. The van der Waals surface area contributed by atoms with Gasteiger partial charge < -0.3 is 19.7 Å². The average Bonchev–Trinajstić information content (AvgIpc) is 3.39. The molecule has 0 bridgehead atoms. The summed E-state index contributed by atoms with van der Waals surface area (Å²) in [6, 6.07) is 23.3. The lowest BCUT2D eigenvalue weighted by Gasteiger charge is -2.41. The van der Waals surface area contributed by atoms with Crippen LogP contribution in [0.25, 0.3) is 0 Å². The van der Waals surface area contributed by atoms with Crippen molar-refractivity contribution in [2.24, 2.45) is 0 Å². The van der Waals surface area contributed by atoms with Crippen LogP contribution in [-0.4, -0.2) is 45.0 Å². The van der Waals surface area contributed by atoms with Gasteiger partial charge in [0.15, 0.2) is 0 Å². The monoisotopic (exact) mass is 495 g/mol. The Morgan fingerprint density at radius 2 is 1.70 bits per heavy atom. The number of aromatic amines is 1. The fourth-order valence-electron chi connectivity index (χ4n) is 5.34. The number of imidazole rings is 1. The van der Waals surface area contributed by atoms with Gasteiger partial charge in [0.05, 0.1) is 31.1 Å². The zero-order chi connectivity index (χ0) is 25.9. The van der Waals surface area contributed by atoms with E-state index in [2.05, 4.69) is 9.97 Å². The average molecular weight is 496 g/mol. The van der Waals surface area contributed by atoms with Crippen molar-refractivity contribution in [3.05, 3.63) is 119 Å². The van der Waals surface area contributed by atoms with E-state index in [1.165, 1.54) is 0 Å². The molecule has 37 heavy (non-hydrogen) atoms. The third-order valence-corrected chi connectivity index (χ3v) is 7.08. The molecule has 2 unspecified atom stereocenters. The zero-order valence-corrected chi connectivity index (χ0v) is 20.8. The lowest BCUT2D eigenvalue weighted by molar-refractivity contribution is -0.154. The zero-order valence-electron chi connectivity index (χ0n) is 20.8. The summed E-state index contributed by atoms with van der Waals surface area (Å²) in [7, 11) is 1.63. The van der Waals surface area contributed by atoms with E-state index in [9.17, 15) is 14.7 Å². The molecule has 3 aromatic carbocycles. The third kappa shape index (κ3) is 4.72. The first-order chi connectivity index (χ1) is 18.0. The molecule has 0 radical (unpaired) electrons. The maximum Gasteiger partial charge on any atom is 0.326 e. The van der Waals surface area contributed by atoms with Crippen molar-refractivity contribution in [1.82, 2.24) is 14.9 Å². The van der Waals surface area contributed by atoms with Crippen LogP contribution in [0, 0.1) is 6.92 Å². The van der Waals surface area contributed by atoms with Gasteiger partial charge in [-0.3, -0.25) is 4.79 Å². The molecule has 1 amide bonds. The summed E-state index contributed by atoms with van der Waals surface area (Å²) in [6.07, 6.45) is 2.18. The Labute approximate surface area is 215 Å². The second kappa shape index (κ2) is 10.3. The summed E-state index contributed by atoms with van der Waals surface area (Å²) in [6.45, 7) is 1.97. The SMILES string of the molecule is COc1ccc(CC2c3nc[nH]c3CC(C(=O)O)N2C(=O)C(c2ccccc2)c2ccccc2)cc1C. The topological polar surface area (TPSA) is 95.5 Å². The van der Waals surface area contributed by atoms with Crippen LogP contribution in [0.2, 0.25) is 0 Å². The molecule has 2 atom stereocenters. The van der Waals surface area contributed by atoms with Gasteiger partial charge in [-0.1, -0.05) is 72.8 Å². The molecule has 188 valence electrons. The van der Waals surface area contributed by atoms with Gasteiger partial charge in [-0.2, -0.15) is 0 Å². The van der Waals surface area contributed by atoms with Gasteiger partial charge in [0.1, 0.15) is 11.8 Å². The summed E-state index contributed by atoms with van der Waals surface area (Å²) < 4.78 is 5.41. The van der Waals surface area contributed by atoms with Crippen molar-refractivity contribution in [3.8, 4) is 5.75 Å². The van der Waals surface area contributed by atoms with Crippen molar-refractivity contribution in [1.29, 1.82) is 0 Å². The van der Waals surface area contributed by atoms with E-state index in [0.717, 1.165) is 33.7 Å². The number of carboxylic acids is 1. The molecular weight excluding hydrogens is 466 g/mol. The maximum absolute atomic E-state index is 14.5. The molecule has 0 saturated heterocycles. The number of hydrogen-bond donors (Lipinski definition) is 2. The first kappa shape index (κ1) is 24.3. The van der Waals surface area contributed by atoms with Gasteiger partial charge >= 0.3 is 5.97 Å². The van der Waals surface area contributed by atoms with Crippen molar-refractivity contribution in [2.75, 3.05) is 7.11 Å². The number of amides is 1. The normalized spacial score (nSPS) is 16.9. The number of carbonyl (C=O) groups excluding carboxylic acids is 1. The molecule has 5 rings (SSSR count). The van der Waals surface area contributed by atoms with Gasteiger partial charge in [0.2, 0.25) is 5.91 Å². The second-order valence-electron chi connectivity index (χ2n) is 9.35. The number of aryl methyl sites for hydroxylation is 1. The summed E-state index contributed by atoms with van der Waals surface area (Å²) in [5.41, 5.74) is 5.03. The minimum absolute atomic E-state index is 0.171. The minimum atomic E-state index is -1.04. The van der Waals surface area contributed by atoms with Crippen LogP contribution in [0.5, 0.6) is 5.75 Å². The lowest BCUT2D eigenvalue weighted by atomic mass is 9.85. The van der Waals surface area contributed by atoms with E-state index >= 15 is 0 Å². The van der Waals surface area contributed by atoms with E-state index in [0.29, 0.717) is 12.1 Å². The van der Waals surface area contributed by atoms with Gasteiger partial charge in [0.25, 0.3) is 0 Å². The lowest BCUT2D eigenvalue weighted by Crippen LogP contribution is -2.53. The summed E-state index contributed by atoms with van der Waals surface area (Å²) in [4.78, 5) is 36.3. The summed E-state index contributed by atoms with van der Waals surface area (Å²) in [5, 5.41) is 10.3. The number of H-pyrrole nitrogens is 1. The third-order valence-electron chi connectivity index (χ3n) is 7.08. The quantitative estimate of drug-likeness (QED) is 0.388. The Hall–Kier alpha value is -4.39. The molecule has 2 N–H and O–H groups in total. The molecule has 2 heterocycles. The van der Waals surface area contributed by atoms with Gasteiger partial charge in [-0.15, -0.1) is 0 Å². The van der Waals surface area contributed by atoms with Crippen LogP contribution in [-0.2, 0) is 22.4 Å². The first-order valence-corrected chi connectivity index (χ1v) is 12.3. The molecule has 4 aromatic rings. The molecule has 1 aliphatic rings. The fourth-order valence-corrected chi connectivity index (χ4v) is 5.34. The number of fused-ring (bicyclic) bond motifs is 1. The number of benzene rings is 3. The van der Waals surface area contributed by atoms with Crippen LogP contribution in [0.4, 0.5) is 0 Å². The highest BCUT2D eigenvalue weighted by molar-refractivity contribution is 5.91. The van der Waals surface area contributed by atoms with Gasteiger partial charge in [0, 0.05) is 12.1 Å². The predicted octanol–water partition coefficient (Wildman–Crippen LogP) is 4.68. The summed E-state index contributed by atoms with van der Waals surface area (Å²) in [5.74, 6) is -1.17. The summed E-state index contributed by atoms with van der Waals surface area (Å²) >= 11 is 0. The fraction of sp³-hybridized carbons (Fsp3) is 0.233. The molecule has 1 aromatic heterocycles. The van der Waals surface area contributed by atoms with Crippen LogP contribution in [0.3, 0.4) is 0 Å². The number of hydrogen-bond acceptors (Lipinski definition) is 4. The number of methoxy groups -OCH3 is 1. The molecule has 1 aliphatic heterocycles. The number of nitrogens with one attached hydrogen (secondary N) is 1. The van der Waals surface area contributed by atoms with E-state index in [1.807, 2.05) is 85.8 Å². The smallest absolute Gasteiger partial charge is 0.326 e. The molecule has 7 heteroatoms. The second-order valence-corrected chi connectivity index (χ2v) is 9.35. The van der Waals surface area contributed by atoms with Crippen LogP contribution >= 0.6 is 0 Å². The van der Waals surface area contributed by atoms with Crippen LogP contribution in [0.15, 0.2) is 85.2 Å². The van der Waals surface area contributed by atoms with Gasteiger partial charge in [-0.05, 0) is 41.7 Å². The van der Waals surface area contributed by atoms with E-state index < -0.39 is 24.0 Å². The number of carboxylic acid groups (broad SMARTS) is 1. The number of aliphatic carboxylic acids is 1. The highest BCUT2D eigenvalue weighted by Crippen LogP contribution is 2.38. The number of rotatable bonds is 7. The van der Waals surface area contributed by atoms with Crippen molar-refractivity contribution >= 4 is 11.9 Å². The van der Waals surface area contributed by atoms with Crippen LogP contribution < -0.4 is 4.74 Å². The molecule has 7 nitrogen and oxygen atoms in total. The van der Waals surface area contributed by atoms with E-state index in [-0.39, 0.29) is 12.3 Å². The Morgan fingerprint density at radius 1 is 1.05 bits per heavy atom. The Morgan fingerprint density at radius 3 is 2.27 bits per heavy atom. The maximum atomic E-state index is 14.5. The van der Waals surface area contributed by atoms with Crippen LogP contribution in [0.1, 0.15) is 45.6 Å². The Bertz CT molecular complexity index is 1360. The standard InChI is InChI=1S/C30H29N3O4/c1-19-15-20(13-14-26(19)37-2)16-24-28-23(31-18-32-28)17-25(30(35)36)33(24)29(34)27(21-9-5-3-6-10-21)22-11-7-4-8-12-22/h3-15,18,24-25,27H,16-17H2,1-2H3,(H,31,32)(H,35,36). The predicted molar refractivity (Wildman–Crippen MR) is 139 cm³/mol. The van der Waals surface area contributed by atoms with E-state index in [4.69, 9.17) is 4.74 Å². The van der Waals surface area contributed by atoms with Gasteiger partial charge in [-0.25, -0.2) is 9.78 Å². The molecule has 0 fully saturated rings. The molecule has 0 aliphatic carbocycles. The Kier molecular flexibility index (Phi) is 6.77. The number of ether oxygens (including phenoxy) is 1. The number of carbonyl (C=O) groups is 2. The van der Waals surface area contributed by atoms with Crippen molar-refractivity contribution in [2.45, 2.75) is 37.8 Å². The Balaban J connectivity index is 1.62. The largest absolute Gasteiger partial charge is 0.496 e. The van der Waals surface area contributed by atoms with Crippen molar-refractivity contribution in [3.63, 3.8) is 0 Å².